The monoisotopic (exact) mass is 450 g/mol. The predicted molar refractivity (Wildman–Crippen MR) is 123 cm³/mol. The summed E-state index contributed by atoms with van der Waals surface area (Å²) in [5.74, 6) is 3.07. The van der Waals surface area contributed by atoms with Gasteiger partial charge in [0.25, 0.3) is 0 Å². The second kappa shape index (κ2) is 9.97. The first-order valence-electron chi connectivity index (χ1n) is 13.1. The summed E-state index contributed by atoms with van der Waals surface area (Å²) < 4.78 is 48.7. The van der Waals surface area contributed by atoms with Crippen molar-refractivity contribution in [3.8, 4) is 5.75 Å². The van der Waals surface area contributed by atoms with Crippen molar-refractivity contribution < 1.29 is 17.9 Å². The maximum absolute atomic E-state index is 14.9. The van der Waals surface area contributed by atoms with Crippen molar-refractivity contribution in [1.82, 2.24) is 0 Å². The van der Waals surface area contributed by atoms with Gasteiger partial charge in [-0.15, -0.1) is 0 Å². The van der Waals surface area contributed by atoms with Gasteiger partial charge in [0.2, 0.25) is 0 Å². The maximum atomic E-state index is 14.9. The Balaban J connectivity index is 1.25. The first kappa shape index (κ1) is 24.0. The van der Waals surface area contributed by atoms with Gasteiger partial charge in [-0.3, -0.25) is 0 Å². The molecule has 0 aromatic heterocycles. The molecule has 3 aliphatic rings. The summed E-state index contributed by atoms with van der Waals surface area (Å²) in [5.41, 5.74) is 0.690. The van der Waals surface area contributed by atoms with Crippen LogP contribution in [0.2, 0.25) is 0 Å². The van der Waals surface area contributed by atoms with Gasteiger partial charge in [0.15, 0.2) is 0 Å². The molecule has 4 rings (SSSR count). The Kier molecular flexibility index (Phi) is 7.46. The quantitative estimate of drug-likeness (QED) is 0.435. The molecule has 0 bridgehead atoms. The molecular weight excluding hydrogens is 409 g/mol. The molecule has 1 nitrogen and oxygen atoms in total. The Morgan fingerprint density at radius 1 is 0.688 bits per heavy atom. The zero-order valence-electron chi connectivity index (χ0n) is 20.1. The minimum atomic E-state index is -3.20. The van der Waals surface area contributed by atoms with E-state index < -0.39 is 12.0 Å². The molecule has 0 amide bonds. The summed E-state index contributed by atoms with van der Waals surface area (Å²) in [5, 5.41) is 0. The van der Waals surface area contributed by atoms with Crippen molar-refractivity contribution in [2.24, 2.45) is 35.5 Å². The van der Waals surface area contributed by atoms with Gasteiger partial charge in [-0.2, -0.15) is 8.78 Å². The fourth-order valence-electron chi connectivity index (χ4n) is 6.98. The second-order valence-corrected chi connectivity index (χ2v) is 11.3. The van der Waals surface area contributed by atoms with Crippen molar-refractivity contribution in [3.05, 3.63) is 29.1 Å². The standard InChI is InChI=1S/C28H41F3O/c1-18-4-6-21(7-5-18)22-8-10-23(11-9-22)24-12-14-25(15-13-24)28(30,31)32-26-16-19(2)27(29)20(3)17-26/h16-18,21-25H,4-15H2,1-3H3. The zero-order chi connectivity index (χ0) is 22.9. The van der Waals surface area contributed by atoms with E-state index in [2.05, 4.69) is 6.92 Å². The average molecular weight is 451 g/mol. The first-order valence-corrected chi connectivity index (χ1v) is 13.1. The summed E-state index contributed by atoms with van der Waals surface area (Å²) in [4.78, 5) is 0. The van der Waals surface area contributed by atoms with Gasteiger partial charge >= 0.3 is 6.11 Å². The number of hydrogen-bond donors (Lipinski definition) is 0. The number of rotatable bonds is 5. The van der Waals surface area contributed by atoms with Crippen LogP contribution < -0.4 is 4.74 Å². The molecule has 0 aliphatic heterocycles. The SMILES string of the molecule is Cc1cc(OC(F)(F)C2CCC(C3CCC(C4CCC(C)CC4)CC3)CC2)cc(C)c1F. The molecule has 180 valence electrons. The zero-order valence-corrected chi connectivity index (χ0v) is 20.1. The van der Waals surface area contributed by atoms with E-state index in [1.807, 2.05) is 0 Å². The lowest BCUT2D eigenvalue weighted by Gasteiger charge is -2.41. The van der Waals surface area contributed by atoms with E-state index in [1.165, 1.54) is 63.5 Å². The number of halogens is 3. The van der Waals surface area contributed by atoms with Gasteiger partial charge in [-0.1, -0.05) is 19.8 Å². The molecule has 0 atom stereocenters. The predicted octanol–water partition coefficient (Wildman–Crippen LogP) is 8.85. The highest BCUT2D eigenvalue weighted by atomic mass is 19.3. The van der Waals surface area contributed by atoms with Gasteiger partial charge in [-0.25, -0.2) is 4.39 Å². The molecule has 0 heterocycles. The van der Waals surface area contributed by atoms with E-state index in [1.54, 1.807) is 13.8 Å². The molecule has 1 aromatic rings. The third-order valence-electron chi connectivity index (χ3n) is 9.12. The van der Waals surface area contributed by atoms with Gasteiger partial charge in [0, 0.05) is 0 Å². The molecule has 3 saturated carbocycles. The van der Waals surface area contributed by atoms with E-state index in [-0.39, 0.29) is 11.6 Å². The van der Waals surface area contributed by atoms with Crippen LogP contribution in [-0.4, -0.2) is 6.11 Å². The molecule has 32 heavy (non-hydrogen) atoms. The topological polar surface area (TPSA) is 9.23 Å². The van der Waals surface area contributed by atoms with Crippen LogP contribution in [0.1, 0.15) is 95.1 Å². The fourth-order valence-corrected chi connectivity index (χ4v) is 6.98. The van der Waals surface area contributed by atoms with Crippen LogP contribution in [0.15, 0.2) is 12.1 Å². The molecule has 3 aliphatic carbocycles. The van der Waals surface area contributed by atoms with E-state index in [0.717, 1.165) is 36.5 Å². The van der Waals surface area contributed by atoms with E-state index in [9.17, 15) is 13.2 Å². The van der Waals surface area contributed by atoms with Crippen LogP contribution in [-0.2, 0) is 0 Å². The van der Waals surface area contributed by atoms with Crippen molar-refractivity contribution >= 4 is 0 Å². The van der Waals surface area contributed by atoms with Crippen LogP contribution in [0.25, 0.3) is 0 Å². The lowest BCUT2D eigenvalue weighted by atomic mass is 9.65. The van der Waals surface area contributed by atoms with Gasteiger partial charge in [0.05, 0.1) is 5.92 Å². The normalized spacial score (nSPS) is 34.3. The number of ether oxygens (including phenoxy) is 1. The minimum Gasteiger partial charge on any atom is -0.432 e. The smallest absolute Gasteiger partial charge is 0.400 e. The highest BCUT2D eigenvalue weighted by molar-refractivity contribution is 5.34. The van der Waals surface area contributed by atoms with Crippen molar-refractivity contribution in [2.45, 2.75) is 104 Å². The van der Waals surface area contributed by atoms with Crippen LogP contribution in [0.3, 0.4) is 0 Å². The van der Waals surface area contributed by atoms with Gasteiger partial charge < -0.3 is 4.74 Å². The molecule has 0 radical (unpaired) electrons. The highest BCUT2D eigenvalue weighted by Gasteiger charge is 2.45. The van der Waals surface area contributed by atoms with Crippen LogP contribution >= 0.6 is 0 Å². The van der Waals surface area contributed by atoms with E-state index >= 15 is 0 Å². The van der Waals surface area contributed by atoms with E-state index in [4.69, 9.17) is 4.74 Å². The summed E-state index contributed by atoms with van der Waals surface area (Å²) in [6.45, 7) is 5.56. The Hall–Kier alpha value is -1.19. The van der Waals surface area contributed by atoms with E-state index in [0.29, 0.717) is 29.9 Å². The number of hydrogen-bond acceptors (Lipinski definition) is 1. The molecule has 3 fully saturated rings. The van der Waals surface area contributed by atoms with Crippen molar-refractivity contribution in [2.75, 3.05) is 0 Å². The number of alkyl halides is 2. The molecule has 0 spiro atoms. The number of benzene rings is 1. The average Bonchev–Trinajstić information content (AvgIpc) is 2.78. The van der Waals surface area contributed by atoms with Crippen LogP contribution in [0.5, 0.6) is 5.75 Å². The first-order chi connectivity index (χ1) is 15.2. The Labute approximate surface area is 192 Å². The molecule has 4 heteroatoms. The second-order valence-electron chi connectivity index (χ2n) is 11.3. The summed E-state index contributed by atoms with van der Waals surface area (Å²) in [6, 6.07) is 2.76. The summed E-state index contributed by atoms with van der Waals surface area (Å²) >= 11 is 0. The lowest BCUT2D eigenvalue weighted by molar-refractivity contribution is -0.224. The van der Waals surface area contributed by atoms with Crippen molar-refractivity contribution in [3.63, 3.8) is 0 Å². The number of aryl methyl sites for hydroxylation is 2. The largest absolute Gasteiger partial charge is 0.432 e. The van der Waals surface area contributed by atoms with Crippen LogP contribution in [0.4, 0.5) is 13.2 Å². The molecule has 0 N–H and O–H groups in total. The van der Waals surface area contributed by atoms with Crippen molar-refractivity contribution in [1.29, 1.82) is 0 Å². The Morgan fingerprint density at radius 2 is 1.06 bits per heavy atom. The molecule has 0 saturated heterocycles. The van der Waals surface area contributed by atoms with Gasteiger partial charge in [-0.05, 0) is 131 Å². The van der Waals surface area contributed by atoms with Gasteiger partial charge in [0.1, 0.15) is 11.6 Å². The Bertz CT molecular complexity index is 729. The summed E-state index contributed by atoms with van der Waals surface area (Å²) in [7, 11) is 0. The van der Waals surface area contributed by atoms with Crippen LogP contribution in [0, 0.1) is 55.2 Å². The summed E-state index contributed by atoms with van der Waals surface area (Å²) in [6.07, 6.45) is 10.6. The third-order valence-corrected chi connectivity index (χ3v) is 9.12. The highest BCUT2D eigenvalue weighted by Crippen LogP contribution is 2.48. The fraction of sp³-hybridized carbons (Fsp3) is 0.786. The lowest BCUT2D eigenvalue weighted by Crippen LogP contribution is -2.38. The minimum absolute atomic E-state index is 0.0731. The Morgan fingerprint density at radius 3 is 1.50 bits per heavy atom. The molecular formula is C28H41F3O. The molecule has 0 unspecified atom stereocenters. The third kappa shape index (κ3) is 5.47. The molecule has 1 aromatic carbocycles. The maximum Gasteiger partial charge on any atom is 0.400 e.